The Hall–Kier alpha value is -2.72. The number of thiazole rings is 1. The molecular weight excluding hydrogens is 538 g/mol. The van der Waals surface area contributed by atoms with Crippen molar-refractivity contribution >= 4 is 55.9 Å². The first-order valence-corrected chi connectivity index (χ1v) is 13.7. The summed E-state index contributed by atoms with van der Waals surface area (Å²) in [7, 11) is 0. The van der Waals surface area contributed by atoms with Crippen LogP contribution < -0.4 is 10.2 Å². The zero-order valence-electron chi connectivity index (χ0n) is 19.6. The monoisotopic (exact) mass is 560 g/mol. The van der Waals surface area contributed by atoms with E-state index in [0.717, 1.165) is 56.2 Å². The van der Waals surface area contributed by atoms with Crippen LogP contribution in [0.3, 0.4) is 0 Å². The molecule has 2 N–H and O–H groups in total. The Labute approximate surface area is 226 Å². The Morgan fingerprint density at radius 1 is 1.19 bits per heavy atom. The molecule has 4 aromatic rings. The van der Waals surface area contributed by atoms with E-state index in [4.69, 9.17) is 27.7 Å². The zero-order chi connectivity index (χ0) is 25.7. The van der Waals surface area contributed by atoms with Gasteiger partial charge in [-0.2, -0.15) is 0 Å². The fourth-order valence-corrected chi connectivity index (χ4v) is 6.48. The molecule has 0 spiro atoms. The van der Waals surface area contributed by atoms with Crippen LogP contribution in [0.25, 0.3) is 21.5 Å². The molecule has 192 valence electrons. The number of piperidine rings is 1. The van der Waals surface area contributed by atoms with Crippen molar-refractivity contribution in [1.29, 1.82) is 0 Å². The number of hydrogen-bond donors (Lipinski definition) is 2. The molecule has 0 atom stereocenters. The Kier molecular flexibility index (Phi) is 6.56. The lowest BCUT2D eigenvalue weighted by molar-refractivity contribution is 0.0696. The fraction of sp³-hybridized carbons (Fsp3) is 0.346. The number of nitrogens with one attached hydrogen (secondary N) is 1. The van der Waals surface area contributed by atoms with Crippen LogP contribution >= 0.6 is 34.5 Å². The van der Waals surface area contributed by atoms with Gasteiger partial charge < -0.3 is 19.8 Å². The third kappa shape index (κ3) is 4.81. The molecule has 1 aliphatic heterocycles. The van der Waals surface area contributed by atoms with E-state index >= 15 is 0 Å². The van der Waals surface area contributed by atoms with E-state index in [0.29, 0.717) is 43.6 Å². The van der Waals surface area contributed by atoms with E-state index in [2.05, 4.69) is 20.4 Å². The lowest BCUT2D eigenvalue weighted by Gasteiger charge is -2.32. The van der Waals surface area contributed by atoms with Gasteiger partial charge in [-0.25, -0.2) is 14.2 Å². The van der Waals surface area contributed by atoms with Gasteiger partial charge in [0.05, 0.1) is 20.3 Å². The van der Waals surface area contributed by atoms with Crippen LogP contribution in [0.4, 0.5) is 9.52 Å². The van der Waals surface area contributed by atoms with Gasteiger partial charge in [-0.3, -0.25) is 0 Å². The van der Waals surface area contributed by atoms with E-state index in [1.54, 1.807) is 12.1 Å². The van der Waals surface area contributed by atoms with Crippen LogP contribution in [0.1, 0.15) is 53.3 Å². The SMILES string of the molecule is O=C(O)c1cc(F)c2nc(N3CCC(NCc4c(-c5c(Cl)cccc5Cl)noc4C4CC4)CC3)sc2c1. The number of carboxylic acids is 1. The predicted octanol–water partition coefficient (Wildman–Crippen LogP) is 6.73. The van der Waals surface area contributed by atoms with Gasteiger partial charge in [0.2, 0.25) is 0 Å². The molecule has 0 radical (unpaired) electrons. The third-order valence-corrected chi connectivity index (χ3v) is 8.68. The summed E-state index contributed by atoms with van der Waals surface area (Å²) < 4.78 is 20.7. The number of hydrogen-bond acceptors (Lipinski definition) is 7. The number of aromatic carboxylic acids is 1. The quantitative estimate of drug-likeness (QED) is 0.259. The van der Waals surface area contributed by atoms with E-state index < -0.39 is 11.8 Å². The summed E-state index contributed by atoms with van der Waals surface area (Å²) in [6.07, 6.45) is 3.94. The Balaban J connectivity index is 1.15. The lowest BCUT2D eigenvalue weighted by atomic mass is 10.0. The number of anilines is 1. The van der Waals surface area contributed by atoms with Crippen molar-refractivity contribution in [3.05, 3.63) is 63.1 Å². The van der Waals surface area contributed by atoms with Crippen molar-refractivity contribution in [3.63, 3.8) is 0 Å². The average molecular weight is 561 g/mol. The molecule has 2 aromatic heterocycles. The van der Waals surface area contributed by atoms with Gasteiger partial charge in [-0.1, -0.05) is 45.8 Å². The van der Waals surface area contributed by atoms with Gasteiger partial charge in [0.15, 0.2) is 10.9 Å². The minimum absolute atomic E-state index is 0.0696. The summed E-state index contributed by atoms with van der Waals surface area (Å²) in [6, 6.07) is 8.20. The number of halogens is 3. The Bertz CT molecular complexity index is 1470. The van der Waals surface area contributed by atoms with Gasteiger partial charge >= 0.3 is 5.97 Å². The van der Waals surface area contributed by atoms with Crippen LogP contribution in [-0.4, -0.2) is 40.3 Å². The maximum atomic E-state index is 14.4. The van der Waals surface area contributed by atoms with Crippen molar-refractivity contribution < 1.29 is 18.8 Å². The summed E-state index contributed by atoms with van der Waals surface area (Å²) in [6.45, 7) is 2.11. The number of benzene rings is 2. The van der Waals surface area contributed by atoms with E-state index in [-0.39, 0.29) is 17.1 Å². The Morgan fingerprint density at radius 2 is 1.92 bits per heavy atom. The first-order chi connectivity index (χ1) is 17.9. The van der Waals surface area contributed by atoms with Gasteiger partial charge in [0, 0.05) is 42.7 Å². The minimum Gasteiger partial charge on any atom is -0.478 e. The molecule has 2 aliphatic rings. The fourth-order valence-electron chi connectivity index (χ4n) is 4.84. The van der Waals surface area contributed by atoms with Gasteiger partial charge in [-0.15, -0.1) is 0 Å². The standard InChI is InChI=1S/C26H23Cl2FN4O3S/c27-17-2-1-3-18(28)21(17)22-16(24(36-32-22)13-4-5-13)12-30-15-6-8-33(9-7-15)26-31-23-19(29)10-14(25(34)35)11-20(23)37-26/h1-3,10-11,13,15,30H,4-9,12H2,(H,34,35). The second-order valence-electron chi connectivity index (χ2n) is 9.49. The predicted molar refractivity (Wildman–Crippen MR) is 143 cm³/mol. The van der Waals surface area contributed by atoms with E-state index in [9.17, 15) is 14.3 Å². The molecule has 11 heteroatoms. The van der Waals surface area contributed by atoms with Crippen LogP contribution in [0, 0.1) is 5.82 Å². The molecule has 7 nitrogen and oxygen atoms in total. The molecule has 0 bridgehead atoms. The molecule has 1 aliphatic carbocycles. The normalized spacial score (nSPS) is 16.6. The lowest BCUT2D eigenvalue weighted by Crippen LogP contribution is -2.42. The summed E-state index contributed by atoms with van der Waals surface area (Å²) in [5.74, 6) is -0.459. The van der Waals surface area contributed by atoms with Crippen molar-refractivity contribution in [2.45, 2.75) is 44.2 Å². The third-order valence-electron chi connectivity index (χ3n) is 6.98. The van der Waals surface area contributed by atoms with Crippen molar-refractivity contribution in [3.8, 4) is 11.3 Å². The number of carbonyl (C=O) groups is 1. The maximum absolute atomic E-state index is 14.4. The highest BCUT2D eigenvalue weighted by molar-refractivity contribution is 7.22. The summed E-state index contributed by atoms with van der Waals surface area (Å²) >= 11 is 14.3. The number of nitrogens with zero attached hydrogens (tertiary/aromatic N) is 3. The molecule has 0 amide bonds. The molecule has 0 unspecified atom stereocenters. The number of carboxylic acid groups (broad SMARTS) is 1. The number of fused-ring (bicyclic) bond motifs is 1. The highest BCUT2D eigenvalue weighted by Crippen LogP contribution is 2.46. The Morgan fingerprint density at radius 3 is 2.59 bits per heavy atom. The molecule has 1 saturated carbocycles. The van der Waals surface area contributed by atoms with Gasteiger partial charge in [-0.05, 0) is 49.9 Å². The molecule has 2 aromatic carbocycles. The second-order valence-corrected chi connectivity index (χ2v) is 11.3. The molecule has 6 rings (SSSR count). The number of rotatable bonds is 7. The van der Waals surface area contributed by atoms with E-state index in [1.807, 2.05) is 6.07 Å². The first kappa shape index (κ1) is 24.6. The first-order valence-electron chi connectivity index (χ1n) is 12.1. The largest absolute Gasteiger partial charge is 0.478 e. The molecule has 37 heavy (non-hydrogen) atoms. The molecule has 2 fully saturated rings. The second kappa shape index (κ2) is 9.87. The summed E-state index contributed by atoms with van der Waals surface area (Å²) in [4.78, 5) is 17.9. The summed E-state index contributed by atoms with van der Waals surface area (Å²) in [5.41, 5.74) is 2.55. The number of aromatic nitrogens is 2. The van der Waals surface area contributed by atoms with Crippen molar-refractivity contribution in [2.75, 3.05) is 18.0 Å². The summed E-state index contributed by atoms with van der Waals surface area (Å²) in [5, 5.41) is 19.0. The van der Waals surface area contributed by atoms with Crippen molar-refractivity contribution in [1.82, 2.24) is 15.5 Å². The van der Waals surface area contributed by atoms with Gasteiger partial charge in [0.1, 0.15) is 17.0 Å². The van der Waals surface area contributed by atoms with Crippen LogP contribution in [0.5, 0.6) is 0 Å². The zero-order valence-corrected chi connectivity index (χ0v) is 22.0. The highest BCUT2D eigenvalue weighted by Gasteiger charge is 2.34. The smallest absolute Gasteiger partial charge is 0.335 e. The average Bonchev–Trinajstić information content (AvgIpc) is 3.49. The van der Waals surface area contributed by atoms with Crippen LogP contribution in [0.15, 0.2) is 34.9 Å². The molecular formula is C26H23Cl2FN4O3S. The van der Waals surface area contributed by atoms with Crippen molar-refractivity contribution in [2.24, 2.45) is 0 Å². The topological polar surface area (TPSA) is 91.5 Å². The van der Waals surface area contributed by atoms with Crippen LogP contribution in [0.2, 0.25) is 10.0 Å². The molecule has 3 heterocycles. The highest BCUT2D eigenvalue weighted by atomic mass is 35.5. The maximum Gasteiger partial charge on any atom is 0.335 e. The van der Waals surface area contributed by atoms with E-state index in [1.165, 1.54) is 17.4 Å². The van der Waals surface area contributed by atoms with Gasteiger partial charge in [0.25, 0.3) is 0 Å². The minimum atomic E-state index is -1.15. The molecule has 1 saturated heterocycles. The van der Waals surface area contributed by atoms with Crippen LogP contribution in [-0.2, 0) is 6.54 Å².